The molecule has 0 aromatic carbocycles. The number of hydrogen-bond acceptors (Lipinski definition) is 3. The second-order valence-corrected chi connectivity index (χ2v) is 1.79. The minimum atomic E-state index is -0.380. The molecule has 4 nitrogen and oxygen atoms in total. The maximum absolute atomic E-state index is 10.6. The highest BCUT2D eigenvalue weighted by Crippen LogP contribution is 1.99. The molecule has 0 aromatic heterocycles. The summed E-state index contributed by atoms with van der Waals surface area (Å²) in [7, 11) is 0. The zero-order valence-electron chi connectivity index (χ0n) is 4.42. The molecule has 0 radical (unpaired) electrons. The van der Waals surface area contributed by atoms with Gasteiger partial charge in [0.25, 0.3) is 5.91 Å². The van der Waals surface area contributed by atoms with Crippen molar-refractivity contribution >= 4 is 23.2 Å². The number of amides is 1. The van der Waals surface area contributed by atoms with Gasteiger partial charge in [0, 0.05) is 0 Å². The molecule has 46 valence electrons. The van der Waals surface area contributed by atoms with Gasteiger partial charge >= 0.3 is 0 Å². The molecule has 0 unspecified atom stereocenters. The van der Waals surface area contributed by atoms with Gasteiger partial charge in [-0.25, -0.2) is 0 Å². The highest BCUT2D eigenvalue weighted by Gasteiger charge is 2.12. The molecule has 5 heteroatoms. The summed E-state index contributed by atoms with van der Waals surface area (Å²) < 4.78 is 0. The van der Waals surface area contributed by atoms with Crippen LogP contribution >= 0.6 is 12.2 Å². The first-order chi connectivity index (χ1) is 4.20. The Morgan fingerprint density at radius 2 is 2.22 bits per heavy atom. The number of nitrogens with one attached hydrogen (secondary N) is 1. The largest absolute Gasteiger partial charge is 0.294 e. The van der Waals surface area contributed by atoms with Crippen LogP contribution in [0.25, 0.3) is 0 Å². The van der Waals surface area contributed by atoms with E-state index in [-0.39, 0.29) is 16.7 Å². The lowest BCUT2D eigenvalue weighted by Gasteiger charge is -2.04. The average Bonchev–Trinajstić information content (AvgIpc) is 1.80. The van der Waals surface area contributed by atoms with Crippen LogP contribution < -0.4 is 5.32 Å². The topological polar surface area (TPSA) is 53.8 Å². The lowest BCUT2D eigenvalue weighted by molar-refractivity contribution is -0.116. The summed E-state index contributed by atoms with van der Waals surface area (Å²) >= 11 is 4.50. The lowest BCUT2D eigenvalue weighted by atomic mass is 10.5. The normalized spacial score (nSPS) is 18.0. The van der Waals surface area contributed by atoms with Crippen molar-refractivity contribution in [3.8, 4) is 0 Å². The zero-order valence-corrected chi connectivity index (χ0v) is 5.23. The van der Waals surface area contributed by atoms with Crippen LogP contribution in [0.5, 0.6) is 0 Å². The molecule has 9 heavy (non-hydrogen) atoms. The molecule has 0 bridgehead atoms. The van der Waals surface area contributed by atoms with Crippen molar-refractivity contribution in [2.75, 3.05) is 0 Å². The molecule has 1 amide bonds. The van der Waals surface area contributed by atoms with Crippen molar-refractivity contribution in [2.45, 2.75) is 0 Å². The number of thiocarbonyl (C=S) groups is 1. The van der Waals surface area contributed by atoms with E-state index in [1.54, 1.807) is 0 Å². The van der Waals surface area contributed by atoms with Crippen LogP contribution in [0.4, 0.5) is 0 Å². The fourth-order valence-corrected chi connectivity index (χ4v) is 0.479. The van der Waals surface area contributed by atoms with Crippen LogP contribution in [0.2, 0.25) is 0 Å². The van der Waals surface area contributed by atoms with E-state index >= 15 is 0 Å². The number of carbonyl (C=O) groups excluding carboxylic acids is 1. The van der Waals surface area contributed by atoms with Crippen molar-refractivity contribution in [3.05, 3.63) is 12.3 Å². The molecule has 1 aliphatic rings. The second-order valence-electron chi connectivity index (χ2n) is 1.41. The molecule has 0 saturated carbocycles. The van der Waals surface area contributed by atoms with E-state index in [1.165, 1.54) is 0 Å². The lowest BCUT2D eigenvalue weighted by Crippen LogP contribution is -2.30. The summed E-state index contributed by atoms with van der Waals surface area (Å²) in [4.78, 5) is 10.6. The third kappa shape index (κ3) is 1.17. The van der Waals surface area contributed by atoms with E-state index in [4.69, 9.17) is 0 Å². The van der Waals surface area contributed by atoms with Crippen molar-refractivity contribution in [3.63, 3.8) is 0 Å². The molecule has 1 heterocycles. The number of carbonyl (C=O) groups is 1. The summed E-state index contributed by atoms with van der Waals surface area (Å²) in [6.45, 7) is 3.30. The van der Waals surface area contributed by atoms with E-state index in [9.17, 15) is 4.79 Å². The molecule has 0 spiro atoms. The number of nitrogens with zero attached hydrogens (tertiary/aromatic N) is 2. The molecule has 0 aromatic rings. The summed E-state index contributed by atoms with van der Waals surface area (Å²) in [6, 6.07) is 0. The molecular weight excluding hydrogens is 138 g/mol. The van der Waals surface area contributed by atoms with Crippen LogP contribution in [0, 0.1) is 0 Å². The maximum Gasteiger partial charge on any atom is 0.277 e. The van der Waals surface area contributed by atoms with Crippen molar-refractivity contribution in [2.24, 2.45) is 10.2 Å². The van der Waals surface area contributed by atoms with Gasteiger partial charge in [-0.15, -0.1) is 10.2 Å². The summed E-state index contributed by atoms with van der Waals surface area (Å²) in [5.74, 6) is -0.380. The predicted molar refractivity (Wildman–Crippen MR) is 34.7 cm³/mol. The van der Waals surface area contributed by atoms with Crippen molar-refractivity contribution in [1.29, 1.82) is 0 Å². The average molecular weight is 141 g/mol. The number of rotatable bonds is 0. The van der Waals surface area contributed by atoms with Crippen molar-refractivity contribution in [1.82, 2.24) is 5.32 Å². The Balaban J connectivity index is 2.89. The van der Waals surface area contributed by atoms with Crippen LogP contribution in [0.15, 0.2) is 22.5 Å². The van der Waals surface area contributed by atoms with Crippen LogP contribution in [-0.4, -0.2) is 11.0 Å². The Bertz CT molecular complexity index is 220. The minimum absolute atomic E-state index is 0.0867. The summed E-state index contributed by atoms with van der Waals surface area (Å²) in [5, 5.41) is 9.11. The molecular formula is C4H3N3OS. The molecule has 0 aliphatic carbocycles. The third-order valence-corrected chi connectivity index (χ3v) is 0.928. The first-order valence-corrected chi connectivity index (χ1v) is 2.57. The fourth-order valence-electron chi connectivity index (χ4n) is 0.345. The van der Waals surface area contributed by atoms with Gasteiger partial charge in [0.1, 0.15) is 5.70 Å². The molecule has 0 atom stereocenters. The van der Waals surface area contributed by atoms with E-state index in [0.29, 0.717) is 0 Å². The Labute approximate surface area is 56.7 Å². The minimum Gasteiger partial charge on any atom is -0.294 e. The van der Waals surface area contributed by atoms with Gasteiger partial charge in [0.2, 0.25) is 5.11 Å². The maximum atomic E-state index is 10.6. The third-order valence-electron chi connectivity index (χ3n) is 0.744. The quantitative estimate of drug-likeness (QED) is 0.391. The fraction of sp³-hybridized carbons (Fsp3) is 0. The van der Waals surface area contributed by atoms with Gasteiger partial charge in [-0.05, 0) is 12.2 Å². The first-order valence-electron chi connectivity index (χ1n) is 2.16. The van der Waals surface area contributed by atoms with E-state index in [1.807, 2.05) is 0 Å². The number of azo groups is 1. The second kappa shape index (κ2) is 2.02. The van der Waals surface area contributed by atoms with Crippen LogP contribution in [-0.2, 0) is 4.79 Å². The SMILES string of the molecule is C=C1N=NC(=S)NC1=O. The van der Waals surface area contributed by atoms with Gasteiger partial charge in [-0.3, -0.25) is 10.1 Å². The Hall–Kier alpha value is -1.10. The van der Waals surface area contributed by atoms with Gasteiger partial charge in [0.05, 0.1) is 0 Å². The smallest absolute Gasteiger partial charge is 0.277 e. The Kier molecular flexibility index (Phi) is 1.35. The van der Waals surface area contributed by atoms with E-state index in [0.717, 1.165) is 0 Å². The molecule has 0 saturated heterocycles. The molecule has 1 aliphatic heterocycles. The van der Waals surface area contributed by atoms with E-state index < -0.39 is 0 Å². The first kappa shape index (κ1) is 6.03. The molecule has 0 fully saturated rings. The Morgan fingerprint density at radius 3 is 2.67 bits per heavy atom. The standard InChI is InChI=1S/C4H3N3OS/c1-2-3(8)5-4(9)7-6-2/h1H2,(H,5,8,9). The van der Waals surface area contributed by atoms with Crippen LogP contribution in [0.1, 0.15) is 0 Å². The van der Waals surface area contributed by atoms with Crippen LogP contribution in [0.3, 0.4) is 0 Å². The number of hydrogen-bond donors (Lipinski definition) is 1. The van der Waals surface area contributed by atoms with Gasteiger partial charge in [-0.2, -0.15) is 0 Å². The highest BCUT2D eigenvalue weighted by atomic mass is 32.1. The van der Waals surface area contributed by atoms with Gasteiger partial charge < -0.3 is 0 Å². The zero-order chi connectivity index (χ0) is 6.85. The summed E-state index contributed by atoms with van der Waals surface area (Å²) in [6.07, 6.45) is 0. The van der Waals surface area contributed by atoms with Crippen molar-refractivity contribution < 1.29 is 4.79 Å². The molecule has 1 N–H and O–H groups in total. The Morgan fingerprint density at radius 1 is 1.56 bits per heavy atom. The van der Waals surface area contributed by atoms with Gasteiger partial charge in [0.15, 0.2) is 0 Å². The monoisotopic (exact) mass is 141 g/mol. The highest BCUT2D eigenvalue weighted by molar-refractivity contribution is 7.80. The molecule has 1 rings (SSSR count). The van der Waals surface area contributed by atoms with Gasteiger partial charge in [-0.1, -0.05) is 6.58 Å². The predicted octanol–water partition coefficient (Wildman–Crippen LogP) is 0.367. The van der Waals surface area contributed by atoms with E-state index in [2.05, 4.69) is 34.3 Å². The summed E-state index contributed by atoms with van der Waals surface area (Å²) in [5.41, 5.74) is 0.0867.